The van der Waals surface area contributed by atoms with Gasteiger partial charge in [0.25, 0.3) is 0 Å². The van der Waals surface area contributed by atoms with Gasteiger partial charge >= 0.3 is 6.18 Å². The van der Waals surface area contributed by atoms with E-state index in [9.17, 15) is 13.2 Å². The average Bonchev–Trinajstić information content (AvgIpc) is 3.19. The summed E-state index contributed by atoms with van der Waals surface area (Å²) in [5.74, 6) is 0.710. The Morgan fingerprint density at radius 2 is 1.91 bits per heavy atom. The van der Waals surface area contributed by atoms with Gasteiger partial charge in [0, 0.05) is 25.7 Å². The first kappa shape index (κ1) is 16.8. The Balaban J connectivity index is 1.72. The van der Waals surface area contributed by atoms with Crippen LogP contribution in [0.2, 0.25) is 0 Å². The average molecular weight is 326 g/mol. The molecule has 2 aliphatic rings. The monoisotopic (exact) mass is 326 g/mol. The zero-order valence-electron chi connectivity index (χ0n) is 13.4. The lowest BCUT2D eigenvalue weighted by atomic mass is 10.0. The molecule has 1 saturated carbocycles. The topological polar surface area (TPSA) is 15.3 Å². The van der Waals surface area contributed by atoms with Gasteiger partial charge < -0.3 is 5.32 Å². The number of nitrogens with one attached hydrogen (secondary N) is 1. The number of hydrogen-bond acceptors (Lipinski definition) is 2. The molecule has 1 saturated heterocycles. The minimum atomic E-state index is -4.26. The Kier molecular flexibility index (Phi) is 5.27. The molecule has 3 rings (SSSR count). The van der Waals surface area contributed by atoms with Crippen molar-refractivity contribution in [2.45, 2.75) is 50.9 Å². The number of hydrogen-bond donors (Lipinski definition) is 1. The van der Waals surface area contributed by atoms with Gasteiger partial charge in [-0.25, -0.2) is 0 Å². The van der Waals surface area contributed by atoms with Crippen molar-refractivity contribution < 1.29 is 13.2 Å². The Bertz CT molecular complexity index is 503. The van der Waals surface area contributed by atoms with Crippen molar-refractivity contribution in [1.82, 2.24) is 10.2 Å². The van der Waals surface area contributed by atoms with E-state index in [0.717, 1.165) is 37.7 Å². The van der Waals surface area contributed by atoms with Gasteiger partial charge in [0.1, 0.15) is 0 Å². The molecular weight excluding hydrogens is 301 g/mol. The first-order valence-electron chi connectivity index (χ1n) is 8.63. The molecule has 23 heavy (non-hydrogen) atoms. The van der Waals surface area contributed by atoms with Crippen LogP contribution < -0.4 is 5.32 Å². The molecule has 2 nitrogen and oxygen atoms in total. The summed E-state index contributed by atoms with van der Waals surface area (Å²) in [7, 11) is 0. The van der Waals surface area contributed by atoms with Gasteiger partial charge in [-0.15, -0.1) is 0 Å². The van der Waals surface area contributed by atoms with Crippen LogP contribution in [0.15, 0.2) is 24.3 Å². The molecule has 128 valence electrons. The van der Waals surface area contributed by atoms with Crippen molar-refractivity contribution in [2.75, 3.05) is 19.6 Å². The third-order valence-electron chi connectivity index (χ3n) is 5.16. The number of nitrogens with zero attached hydrogens (tertiary/aromatic N) is 1. The highest BCUT2D eigenvalue weighted by Crippen LogP contribution is 2.31. The number of halogens is 3. The first-order valence-corrected chi connectivity index (χ1v) is 8.63. The van der Waals surface area contributed by atoms with Crippen LogP contribution in [-0.2, 0) is 12.7 Å². The molecule has 1 aliphatic heterocycles. The first-order chi connectivity index (χ1) is 11.0. The fourth-order valence-electron chi connectivity index (χ4n) is 3.90. The zero-order valence-corrected chi connectivity index (χ0v) is 13.4. The van der Waals surface area contributed by atoms with E-state index in [1.807, 2.05) is 6.07 Å². The van der Waals surface area contributed by atoms with E-state index in [1.165, 1.54) is 37.8 Å². The maximum Gasteiger partial charge on any atom is 0.416 e. The lowest BCUT2D eigenvalue weighted by molar-refractivity contribution is -0.137. The van der Waals surface area contributed by atoms with Crippen LogP contribution in [0.25, 0.3) is 0 Å². The molecule has 1 aromatic rings. The summed E-state index contributed by atoms with van der Waals surface area (Å²) in [6.45, 7) is 3.59. The summed E-state index contributed by atoms with van der Waals surface area (Å²) in [5.41, 5.74) is 0.227. The maximum absolute atomic E-state index is 12.9. The second kappa shape index (κ2) is 7.22. The van der Waals surface area contributed by atoms with E-state index in [1.54, 1.807) is 0 Å². The van der Waals surface area contributed by atoms with E-state index in [2.05, 4.69) is 10.2 Å². The summed E-state index contributed by atoms with van der Waals surface area (Å²) in [6.07, 6.45) is 1.95. The van der Waals surface area contributed by atoms with Crippen LogP contribution >= 0.6 is 0 Å². The molecule has 2 fully saturated rings. The minimum absolute atomic E-state index is 0.449. The number of rotatable bonds is 5. The quantitative estimate of drug-likeness (QED) is 0.878. The fraction of sp³-hybridized carbons (Fsp3) is 0.667. The predicted octanol–water partition coefficient (Wildman–Crippen LogP) is 4.06. The highest BCUT2D eigenvalue weighted by atomic mass is 19.4. The summed E-state index contributed by atoms with van der Waals surface area (Å²) in [6, 6.07) is 6.26. The lowest BCUT2D eigenvalue weighted by Gasteiger charge is -2.31. The molecule has 0 aromatic heterocycles. The fourth-order valence-corrected chi connectivity index (χ4v) is 3.90. The van der Waals surface area contributed by atoms with Crippen molar-refractivity contribution in [3.63, 3.8) is 0 Å². The molecule has 0 bridgehead atoms. The molecule has 5 heteroatoms. The van der Waals surface area contributed by atoms with E-state index < -0.39 is 11.7 Å². The Morgan fingerprint density at radius 1 is 1.13 bits per heavy atom. The van der Waals surface area contributed by atoms with Crippen molar-refractivity contribution in [3.05, 3.63) is 35.4 Å². The summed E-state index contributed by atoms with van der Waals surface area (Å²) < 4.78 is 38.7. The van der Waals surface area contributed by atoms with Gasteiger partial charge in [-0.3, -0.25) is 4.90 Å². The molecule has 0 radical (unpaired) electrons. The Hall–Kier alpha value is -1.07. The zero-order chi connectivity index (χ0) is 16.3. The molecule has 1 heterocycles. The maximum atomic E-state index is 12.9. The van der Waals surface area contributed by atoms with Crippen LogP contribution in [0.1, 0.15) is 43.2 Å². The van der Waals surface area contributed by atoms with E-state index >= 15 is 0 Å². The molecule has 0 unspecified atom stereocenters. The highest BCUT2D eigenvalue weighted by molar-refractivity contribution is 5.25. The van der Waals surface area contributed by atoms with E-state index in [-0.39, 0.29) is 0 Å². The summed E-state index contributed by atoms with van der Waals surface area (Å²) in [4.78, 5) is 2.41. The predicted molar refractivity (Wildman–Crippen MR) is 85.1 cm³/mol. The van der Waals surface area contributed by atoms with Crippen molar-refractivity contribution in [1.29, 1.82) is 0 Å². The number of benzene rings is 1. The third kappa shape index (κ3) is 4.48. The van der Waals surface area contributed by atoms with Gasteiger partial charge in [0.15, 0.2) is 0 Å². The summed E-state index contributed by atoms with van der Waals surface area (Å²) in [5, 5.41) is 3.38. The summed E-state index contributed by atoms with van der Waals surface area (Å²) >= 11 is 0. The van der Waals surface area contributed by atoms with Crippen LogP contribution in [0.5, 0.6) is 0 Å². The normalized spacial score (nSPS) is 23.0. The molecule has 0 amide bonds. The van der Waals surface area contributed by atoms with Crippen LogP contribution in [0.3, 0.4) is 0 Å². The largest absolute Gasteiger partial charge is 0.416 e. The van der Waals surface area contributed by atoms with E-state index in [0.29, 0.717) is 18.5 Å². The standard InChI is InChI=1S/C18H25F3N2/c19-18(20,21)16-7-3-6-15(10-16)13-23(17-8-9-22-11-17)12-14-4-1-2-5-14/h3,6-7,10,14,17,22H,1-2,4-5,8-9,11-13H2/t17-/m0/s1. The van der Waals surface area contributed by atoms with Crippen molar-refractivity contribution >= 4 is 0 Å². The van der Waals surface area contributed by atoms with Crippen LogP contribution in [-0.4, -0.2) is 30.6 Å². The second-order valence-corrected chi connectivity index (χ2v) is 6.92. The van der Waals surface area contributed by atoms with Gasteiger partial charge in [-0.1, -0.05) is 31.0 Å². The molecule has 0 spiro atoms. The second-order valence-electron chi connectivity index (χ2n) is 6.92. The highest BCUT2D eigenvalue weighted by Gasteiger charge is 2.31. The van der Waals surface area contributed by atoms with E-state index in [4.69, 9.17) is 0 Å². The number of alkyl halides is 3. The van der Waals surface area contributed by atoms with Gasteiger partial charge in [-0.05, 0) is 43.4 Å². The molecular formula is C18H25F3N2. The molecule has 1 aliphatic carbocycles. The Labute approximate surface area is 136 Å². The van der Waals surface area contributed by atoms with Gasteiger partial charge in [0.2, 0.25) is 0 Å². The SMILES string of the molecule is FC(F)(F)c1cccc(CN(CC2CCCC2)[C@H]2CCNC2)c1. The molecule has 1 aromatic carbocycles. The Morgan fingerprint density at radius 3 is 2.57 bits per heavy atom. The molecule has 1 atom stereocenters. The van der Waals surface area contributed by atoms with Crippen molar-refractivity contribution in [2.24, 2.45) is 5.92 Å². The molecule has 1 N–H and O–H groups in total. The van der Waals surface area contributed by atoms with Gasteiger partial charge in [0.05, 0.1) is 5.56 Å². The van der Waals surface area contributed by atoms with Crippen molar-refractivity contribution in [3.8, 4) is 0 Å². The minimum Gasteiger partial charge on any atom is -0.315 e. The lowest BCUT2D eigenvalue weighted by Crippen LogP contribution is -2.39. The van der Waals surface area contributed by atoms with Crippen LogP contribution in [0, 0.1) is 5.92 Å². The van der Waals surface area contributed by atoms with Gasteiger partial charge in [-0.2, -0.15) is 13.2 Å². The van der Waals surface area contributed by atoms with Crippen LogP contribution in [0.4, 0.5) is 13.2 Å². The third-order valence-corrected chi connectivity index (χ3v) is 5.16. The smallest absolute Gasteiger partial charge is 0.315 e.